The van der Waals surface area contributed by atoms with Crippen LogP contribution in [0, 0.1) is 0 Å². The van der Waals surface area contributed by atoms with Gasteiger partial charge in [0.1, 0.15) is 11.3 Å². The second-order valence-electron chi connectivity index (χ2n) is 6.45. The fourth-order valence-electron chi connectivity index (χ4n) is 2.79. The highest BCUT2D eigenvalue weighted by Gasteiger charge is 2.20. The molecule has 0 radical (unpaired) electrons. The summed E-state index contributed by atoms with van der Waals surface area (Å²) >= 11 is 0. The summed E-state index contributed by atoms with van der Waals surface area (Å²) in [4.78, 5) is 24.2. The molecule has 0 aliphatic rings. The van der Waals surface area contributed by atoms with Crippen LogP contribution < -0.4 is 16.0 Å². The Morgan fingerprint density at radius 3 is 2.44 bits per heavy atom. The van der Waals surface area contributed by atoms with Crippen molar-refractivity contribution in [2.24, 2.45) is 0 Å². The molecule has 6 heteroatoms. The molecule has 0 aliphatic carbocycles. The fraction of sp³-hybridized carbons (Fsp3) is 0.238. The average Bonchev–Trinajstić information content (AvgIpc) is 3.11. The second-order valence-corrected chi connectivity index (χ2v) is 6.45. The molecular formula is C21H23N3O3. The first-order valence-corrected chi connectivity index (χ1v) is 8.90. The molecule has 0 spiro atoms. The summed E-state index contributed by atoms with van der Waals surface area (Å²) in [5, 5.41) is 9.18. The molecule has 27 heavy (non-hydrogen) atoms. The van der Waals surface area contributed by atoms with E-state index in [0.717, 1.165) is 22.3 Å². The average molecular weight is 365 g/mol. The zero-order chi connectivity index (χ0) is 19.2. The molecule has 0 fully saturated rings. The SMILES string of the molecule is CC(NC(C)c1cc2ccccc2o1)C(=O)NC(=O)NCc1ccccc1. The summed E-state index contributed by atoms with van der Waals surface area (Å²) in [7, 11) is 0. The number of amides is 3. The summed E-state index contributed by atoms with van der Waals surface area (Å²) in [5.41, 5.74) is 1.77. The Kier molecular flexibility index (Phi) is 5.88. The van der Waals surface area contributed by atoms with Gasteiger partial charge in [-0.05, 0) is 31.5 Å². The van der Waals surface area contributed by atoms with Crippen molar-refractivity contribution in [2.75, 3.05) is 0 Å². The number of carbonyl (C=O) groups excluding carboxylic acids is 2. The highest BCUT2D eigenvalue weighted by Crippen LogP contribution is 2.23. The number of carbonyl (C=O) groups is 2. The number of urea groups is 1. The van der Waals surface area contributed by atoms with E-state index in [-0.39, 0.29) is 6.04 Å². The van der Waals surface area contributed by atoms with Crippen molar-refractivity contribution >= 4 is 22.9 Å². The molecule has 0 aliphatic heterocycles. The number of benzene rings is 2. The lowest BCUT2D eigenvalue weighted by atomic mass is 10.2. The summed E-state index contributed by atoms with van der Waals surface area (Å²) in [6.07, 6.45) is 0. The third-order valence-electron chi connectivity index (χ3n) is 4.30. The summed E-state index contributed by atoms with van der Waals surface area (Å²) in [6.45, 7) is 3.98. The first-order valence-electron chi connectivity index (χ1n) is 8.90. The van der Waals surface area contributed by atoms with E-state index >= 15 is 0 Å². The Morgan fingerprint density at radius 1 is 1.00 bits per heavy atom. The lowest BCUT2D eigenvalue weighted by molar-refractivity contribution is -0.121. The Bertz CT molecular complexity index is 888. The van der Waals surface area contributed by atoms with Crippen LogP contribution >= 0.6 is 0 Å². The molecule has 6 nitrogen and oxygen atoms in total. The maximum atomic E-state index is 12.2. The number of rotatable bonds is 6. The zero-order valence-electron chi connectivity index (χ0n) is 15.4. The van der Waals surface area contributed by atoms with Crippen LogP contribution in [0.2, 0.25) is 0 Å². The van der Waals surface area contributed by atoms with Gasteiger partial charge in [0.25, 0.3) is 0 Å². The number of para-hydroxylation sites is 1. The van der Waals surface area contributed by atoms with Crippen LogP contribution in [0.25, 0.3) is 11.0 Å². The highest BCUT2D eigenvalue weighted by atomic mass is 16.3. The number of hydrogen-bond donors (Lipinski definition) is 3. The number of imide groups is 1. The van der Waals surface area contributed by atoms with E-state index in [1.807, 2.05) is 67.6 Å². The van der Waals surface area contributed by atoms with Crippen molar-refractivity contribution in [3.05, 3.63) is 72.0 Å². The zero-order valence-corrected chi connectivity index (χ0v) is 15.4. The van der Waals surface area contributed by atoms with Gasteiger partial charge >= 0.3 is 6.03 Å². The molecule has 2 atom stereocenters. The molecule has 3 N–H and O–H groups in total. The Labute approximate surface area is 157 Å². The third-order valence-corrected chi connectivity index (χ3v) is 4.30. The lowest BCUT2D eigenvalue weighted by Crippen LogP contribution is -2.48. The van der Waals surface area contributed by atoms with Crippen LogP contribution in [0.15, 0.2) is 65.1 Å². The molecule has 2 unspecified atom stereocenters. The van der Waals surface area contributed by atoms with E-state index in [1.165, 1.54) is 0 Å². The molecule has 3 amide bonds. The molecule has 0 saturated carbocycles. The van der Waals surface area contributed by atoms with Crippen molar-refractivity contribution in [1.29, 1.82) is 0 Å². The van der Waals surface area contributed by atoms with Gasteiger partial charge in [0, 0.05) is 11.9 Å². The van der Waals surface area contributed by atoms with Gasteiger partial charge in [-0.2, -0.15) is 0 Å². The molecular weight excluding hydrogens is 342 g/mol. The van der Waals surface area contributed by atoms with Crippen molar-refractivity contribution in [1.82, 2.24) is 16.0 Å². The fourth-order valence-corrected chi connectivity index (χ4v) is 2.79. The number of hydrogen-bond acceptors (Lipinski definition) is 4. The smallest absolute Gasteiger partial charge is 0.321 e. The van der Waals surface area contributed by atoms with Gasteiger partial charge in [-0.3, -0.25) is 15.4 Å². The summed E-state index contributed by atoms with van der Waals surface area (Å²) in [5.74, 6) is 0.341. The van der Waals surface area contributed by atoms with E-state index in [9.17, 15) is 9.59 Å². The summed E-state index contributed by atoms with van der Waals surface area (Å²) in [6, 6.07) is 17.9. The maximum Gasteiger partial charge on any atom is 0.321 e. The third kappa shape index (κ3) is 4.95. The van der Waals surface area contributed by atoms with Gasteiger partial charge < -0.3 is 9.73 Å². The molecule has 2 aromatic carbocycles. The van der Waals surface area contributed by atoms with E-state index < -0.39 is 18.0 Å². The highest BCUT2D eigenvalue weighted by molar-refractivity contribution is 5.96. The number of furan rings is 1. The molecule has 140 valence electrons. The van der Waals surface area contributed by atoms with Crippen LogP contribution in [0.1, 0.15) is 31.2 Å². The van der Waals surface area contributed by atoms with Crippen molar-refractivity contribution in [3.63, 3.8) is 0 Å². The number of nitrogens with one attached hydrogen (secondary N) is 3. The predicted molar refractivity (Wildman–Crippen MR) is 104 cm³/mol. The van der Waals surface area contributed by atoms with Crippen LogP contribution in [-0.4, -0.2) is 18.0 Å². The standard InChI is InChI=1S/C21H23N3O3/c1-14(19-12-17-10-6-7-11-18(17)27-19)23-15(2)20(25)24-21(26)22-13-16-8-4-3-5-9-16/h3-12,14-15,23H,13H2,1-2H3,(H2,22,24,25,26). The van der Waals surface area contributed by atoms with Gasteiger partial charge in [-0.25, -0.2) is 4.79 Å². The molecule has 1 heterocycles. The minimum atomic E-state index is -0.560. The van der Waals surface area contributed by atoms with E-state index in [0.29, 0.717) is 6.54 Å². The molecule has 3 aromatic rings. The van der Waals surface area contributed by atoms with Gasteiger partial charge in [0.2, 0.25) is 5.91 Å². The van der Waals surface area contributed by atoms with Crippen molar-refractivity contribution in [3.8, 4) is 0 Å². The minimum absolute atomic E-state index is 0.175. The van der Waals surface area contributed by atoms with Crippen molar-refractivity contribution < 1.29 is 14.0 Å². The van der Waals surface area contributed by atoms with Gasteiger partial charge in [0.15, 0.2) is 0 Å². The van der Waals surface area contributed by atoms with E-state index in [2.05, 4.69) is 16.0 Å². The predicted octanol–water partition coefficient (Wildman–Crippen LogP) is 3.50. The number of fused-ring (bicyclic) bond motifs is 1. The lowest BCUT2D eigenvalue weighted by Gasteiger charge is -2.18. The van der Waals surface area contributed by atoms with Crippen LogP contribution in [0.5, 0.6) is 0 Å². The van der Waals surface area contributed by atoms with Crippen LogP contribution in [-0.2, 0) is 11.3 Å². The topological polar surface area (TPSA) is 83.4 Å². The van der Waals surface area contributed by atoms with Gasteiger partial charge in [0.05, 0.1) is 12.1 Å². The monoisotopic (exact) mass is 365 g/mol. The first kappa shape index (κ1) is 18.7. The molecule has 3 rings (SSSR count). The first-order chi connectivity index (χ1) is 13.0. The van der Waals surface area contributed by atoms with Gasteiger partial charge in [-0.15, -0.1) is 0 Å². The largest absolute Gasteiger partial charge is 0.459 e. The van der Waals surface area contributed by atoms with Crippen molar-refractivity contribution in [2.45, 2.75) is 32.5 Å². The minimum Gasteiger partial charge on any atom is -0.459 e. The van der Waals surface area contributed by atoms with E-state index in [4.69, 9.17) is 4.42 Å². The Hall–Kier alpha value is -3.12. The Balaban J connectivity index is 1.49. The molecule has 1 aromatic heterocycles. The quantitative estimate of drug-likeness (QED) is 0.624. The molecule has 0 bridgehead atoms. The Morgan fingerprint density at radius 2 is 1.70 bits per heavy atom. The summed E-state index contributed by atoms with van der Waals surface area (Å²) < 4.78 is 5.81. The van der Waals surface area contributed by atoms with Crippen LogP contribution in [0.4, 0.5) is 4.79 Å². The normalized spacial score (nSPS) is 13.1. The second kappa shape index (κ2) is 8.51. The molecule has 0 saturated heterocycles. The maximum absolute atomic E-state index is 12.2. The van der Waals surface area contributed by atoms with E-state index in [1.54, 1.807) is 6.92 Å². The van der Waals surface area contributed by atoms with Gasteiger partial charge in [-0.1, -0.05) is 48.5 Å². The van der Waals surface area contributed by atoms with Crippen LogP contribution in [0.3, 0.4) is 0 Å².